The van der Waals surface area contributed by atoms with E-state index in [4.69, 9.17) is 14.5 Å². The number of hydrogen-bond donors (Lipinski definition) is 0. The molecular weight excluding hydrogens is 367 g/mol. The van der Waals surface area contributed by atoms with Gasteiger partial charge in [-0.3, -0.25) is 4.57 Å². The molecular formula is C18H17N4O4P. The van der Waals surface area contributed by atoms with Crippen LogP contribution in [0.1, 0.15) is 11.1 Å². The summed E-state index contributed by atoms with van der Waals surface area (Å²) in [7, 11) is -2.91. The van der Waals surface area contributed by atoms with Gasteiger partial charge in [-0.25, -0.2) is 9.34 Å². The number of hydrogen-bond acceptors (Lipinski definition) is 6. The van der Waals surface area contributed by atoms with Gasteiger partial charge in [0.25, 0.3) is 0 Å². The minimum absolute atomic E-state index is 0.146. The van der Waals surface area contributed by atoms with Crippen molar-refractivity contribution >= 4 is 13.4 Å². The number of ether oxygens (including phenoxy) is 1. The van der Waals surface area contributed by atoms with Crippen LogP contribution in [0.3, 0.4) is 0 Å². The quantitative estimate of drug-likeness (QED) is 0.386. The summed E-state index contributed by atoms with van der Waals surface area (Å²) in [6.07, 6.45) is 0. The van der Waals surface area contributed by atoms with Gasteiger partial charge >= 0.3 is 7.67 Å². The lowest BCUT2D eigenvalue weighted by Gasteiger charge is -2.20. The summed E-state index contributed by atoms with van der Waals surface area (Å²) >= 11 is 0. The SMILES string of the molecule is N#Cc1ccc(Oc2cc(COP(=O)(N3CC3)N3CC3)ccc2N=O)cc1. The molecule has 2 aromatic rings. The number of nitroso groups, excluding NO2 is 1. The van der Waals surface area contributed by atoms with Gasteiger partial charge in [-0.1, -0.05) is 6.07 Å². The molecule has 0 spiro atoms. The van der Waals surface area contributed by atoms with Crippen molar-refractivity contribution in [2.75, 3.05) is 26.2 Å². The number of nitriles is 1. The van der Waals surface area contributed by atoms with Crippen molar-refractivity contribution in [1.82, 2.24) is 9.34 Å². The zero-order valence-electron chi connectivity index (χ0n) is 14.4. The van der Waals surface area contributed by atoms with Crippen LogP contribution in [0, 0.1) is 16.2 Å². The zero-order valence-corrected chi connectivity index (χ0v) is 15.3. The summed E-state index contributed by atoms with van der Waals surface area (Å²) in [5, 5.41) is 11.8. The Labute approximate surface area is 156 Å². The fraction of sp³-hybridized carbons (Fsp3) is 0.278. The van der Waals surface area contributed by atoms with Gasteiger partial charge in [-0.15, -0.1) is 4.91 Å². The standard InChI is InChI=1S/C18H17N4O4P/c19-12-14-1-4-16(5-2-14)26-18-11-15(3-6-17(18)20-23)13-25-27(24,21-7-8-21)22-9-10-22/h1-6,11H,7-10,13H2. The van der Waals surface area contributed by atoms with E-state index in [2.05, 4.69) is 5.18 Å². The molecule has 27 heavy (non-hydrogen) atoms. The Kier molecular flexibility index (Phi) is 4.77. The van der Waals surface area contributed by atoms with Gasteiger partial charge in [-0.05, 0) is 47.1 Å². The second-order valence-corrected chi connectivity index (χ2v) is 8.67. The first-order valence-corrected chi connectivity index (χ1v) is 10.1. The Hall–Kier alpha value is -2.56. The van der Waals surface area contributed by atoms with Crippen molar-refractivity contribution < 1.29 is 13.8 Å². The van der Waals surface area contributed by atoms with E-state index in [1.54, 1.807) is 42.5 Å². The molecule has 2 aliphatic rings. The molecule has 0 aliphatic carbocycles. The topological polar surface area (TPSA) is 94.8 Å². The molecule has 0 N–H and O–H groups in total. The molecule has 9 heteroatoms. The fourth-order valence-corrected chi connectivity index (χ4v) is 4.82. The highest BCUT2D eigenvalue weighted by Gasteiger charge is 2.49. The van der Waals surface area contributed by atoms with E-state index in [9.17, 15) is 9.47 Å². The van der Waals surface area contributed by atoms with Crippen LogP contribution in [0.2, 0.25) is 0 Å². The minimum atomic E-state index is -2.91. The minimum Gasteiger partial charge on any atom is -0.455 e. The molecule has 0 radical (unpaired) electrons. The molecule has 2 heterocycles. The van der Waals surface area contributed by atoms with Crippen LogP contribution in [-0.2, 0) is 15.7 Å². The smallest absolute Gasteiger partial charge is 0.346 e. The lowest BCUT2D eigenvalue weighted by molar-refractivity contribution is 0.263. The molecule has 138 valence electrons. The van der Waals surface area contributed by atoms with Crippen LogP contribution in [0.4, 0.5) is 5.69 Å². The lowest BCUT2D eigenvalue weighted by atomic mass is 10.2. The molecule has 0 atom stereocenters. The number of rotatable bonds is 8. The maximum atomic E-state index is 13.0. The highest BCUT2D eigenvalue weighted by molar-refractivity contribution is 7.54. The molecule has 0 bridgehead atoms. The number of benzene rings is 2. The Morgan fingerprint density at radius 2 is 1.74 bits per heavy atom. The molecule has 0 aromatic heterocycles. The van der Waals surface area contributed by atoms with Crippen molar-refractivity contribution in [2.24, 2.45) is 5.18 Å². The van der Waals surface area contributed by atoms with Crippen molar-refractivity contribution in [2.45, 2.75) is 6.61 Å². The third-order valence-electron chi connectivity index (χ3n) is 4.30. The van der Waals surface area contributed by atoms with Gasteiger partial charge in [-0.2, -0.15) is 5.26 Å². The van der Waals surface area contributed by atoms with Gasteiger partial charge in [0.2, 0.25) is 0 Å². The van der Waals surface area contributed by atoms with Crippen molar-refractivity contribution in [3.8, 4) is 17.6 Å². The van der Waals surface area contributed by atoms with Gasteiger partial charge in [0.05, 0.1) is 18.2 Å². The predicted molar refractivity (Wildman–Crippen MR) is 98.7 cm³/mol. The first kappa shape index (κ1) is 17.8. The van der Waals surface area contributed by atoms with Gasteiger partial charge in [0.1, 0.15) is 5.75 Å². The summed E-state index contributed by atoms with van der Waals surface area (Å²) in [5.74, 6) is 0.764. The maximum absolute atomic E-state index is 13.0. The van der Waals surface area contributed by atoms with E-state index in [0.29, 0.717) is 11.3 Å². The average molecular weight is 384 g/mol. The summed E-state index contributed by atoms with van der Waals surface area (Å²) in [6.45, 7) is 3.29. The molecule has 0 amide bonds. The molecule has 4 rings (SSSR count). The second-order valence-electron chi connectivity index (χ2n) is 6.30. The van der Waals surface area contributed by atoms with E-state index >= 15 is 0 Å². The summed E-state index contributed by atoms with van der Waals surface area (Å²) in [4.78, 5) is 11.1. The van der Waals surface area contributed by atoms with E-state index in [-0.39, 0.29) is 18.0 Å². The molecule has 2 fully saturated rings. The Morgan fingerprint density at radius 1 is 1.07 bits per heavy atom. The molecule has 2 saturated heterocycles. The van der Waals surface area contributed by atoms with Gasteiger partial charge in [0.15, 0.2) is 11.4 Å². The molecule has 2 aliphatic heterocycles. The Balaban J connectivity index is 1.50. The highest BCUT2D eigenvalue weighted by Crippen LogP contribution is 2.61. The van der Waals surface area contributed by atoms with Crippen LogP contribution in [0.15, 0.2) is 47.6 Å². The molecule has 2 aromatic carbocycles. The summed E-state index contributed by atoms with van der Waals surface area (Å²) in [6, 6.07) is 13.5. The first-order chi connectivity index (χ1) is 13.1. The Morgan fingerprint density at radius 3 is 2.30 bits per heavy atom. The second kappa shape index (κ2) is 7.22. The third-order valence-corrected chi connectivity index (χ3v) is 6.99. The van der Waals surface area contributed by atoms with Gasteiger partial charge < -0.3 is 9.26 Å². The van der Waals surface area contributed by atoms with Crippen LogP contribution in [-0.4, -0.2) is 35.5 Å². The van der Waals surface area contributed by atoms with Crippen LogP contribution < -0.4 is 4.74 Å². The predicted octanol–water partition coefficient (Wildman–Crippen LogP) is 4.00. The van der Waals surface area contributed by atoms with E-state index in [1.807, 2.05) is 15.4 Å². The van der Waals surface area contributed by atoms with Crippen molar-refractivity contribution in [1.29, 1.82) is 5.26 Å². The summed E-state index contributed by atoms with van der Waals surface area (Å²) in [5.41, 5.74) is 1.40. The van der Waals surface area contributed by atoms with Crippen molar-refractivity contribution in [3.63, 3.8) is 0 Å². The largest absolute Gasteiger partial charge is 0.455 e. The molecule has 0 saturated carbocycles. The van der Waals surface area contributed by atoms with Gasteiger partial charge in [0, 0.05) is 26.2 Å². The van der Waals surface area contributed by atoms with Crippen LogP contribution in [0.5, 0.6) is 11.5 Å². The monoisotopic (exact) mass is 384 g/mol. The highest BCUT2D eigenvalue weighted by atomic mass is 31.2. The maximum Gasteiger partial charge on any atom is 0.346 e. The van der Waals surface area contributed by atoms with Crippen LogP contribution >= 0.6 is 7.67 Å². The molecule has 0 unspecified atom stereocenters. The van der Waals surface area contributed by atoms with E-state index < -0.39 is 7.67 Å². The zero-order chi connectivity index (χ0) is 18.9. The average Bonchev–Trinajstić information content (AvgIpc) is 3.59. The fourth-order valence-electron chi connectivity index (χ4n) is 2.63. The molecule has 8 nitrogen and oxygen atoms in total. The van der Waals surface area contributed by atoms with Crippen molar-refractivity contribution in [3.05, 3.63) is 58.5 Å². The summed E-state index contributed by atoms with van der Waals surface area (Å²) < 4.78 is 28.2. The number of nitrogens with zero attached hydrogens (tertiary/aromatic N) is 4. The normalized spacial score (nSPS) is 16.6. The van der Waals surface area contributed by atoms with E-state index in [0.717, 1.165) is 31.7 Å². The lowest BCUT2D eigenvalue weighted by Crippen LogP contribution is -2.07. The van der Waals surface area contributed by atoms with Crippen LogP contribution in [0.25, 0.3) is 0 Å². The third kappa shape index (κ3) is 3.92. The first-order valence-electron chi connectivity index (χ1n) is 8.52. The van der Waals surface area contributed by atoms with E-state index in [1.165, 1.54) is 0 Å². The Bertz CT molecular complexity index is 933.